The van der Waals surface area contributed by atoms with Gasteiger partial charge in [-0.1, -0.05) is 30.3 Å². The molecule has 5 rings (SSSR count). The number of hydrogen-bond acceptors (Lipinski definition) is 8. The number of aromatic nitrogens is 1. The van der Waals surface area contributed by atoms with E-state index in [1.165, 1.54) is 47.7 Å². The van der Waals surface area contributed by atoms with Crippen molar-refractivity contribution in [2.75, 3.05) is 16.6 Å². The summed E-state index contributed by atoms with van der Waals surface area (Å²) in [4.78, 5) is 31.1. The molecule has 39 heavy (non-hydrogen) atoms. The van der Waals surface area contributed by atoms with E-state index in [-0.39, 0.29) is 11.5 Å². The minimum absolute atomic E-state index is 0.139. The van der Waals surface area contributed by atoms with Crippen LogP contribution in [-0.4, -0.2) is 31.9 Å². The van der Waals surface area contributed by atoms with Crippen LogP contribution < -0.4 is 10.0 Å². The zero-order valence-electron chi connectivity index (χ0n) is 20.9. The summed E-state index contributed by atoms with van der Waals surface area (Å²) in [6.07, 6.45) is 0. The Hall–Kier alpha value is -4.06. The molecule has 1 amide bonds. The Morgan fingerprint density at radius 3 is 2.31 bits per heavy atom. The van der Waals surface area contributed by atoms with E-state index in [1.807, 2.05) is 31.2 Å². The van der Waals surface area contributed by atoms with E-state index in [1.54, 1.807) is 25.1 Å². The van der Waals surface area contributed by atoms with Gasteiger partial charge >= 0.3 is 5.97 Å². The van der Waals surface area contributed by atoms with Crippen LogP contribution in [0, 0.1) is 6.92 Å². The second-order valence-electron chi connectivity index (χ2n) is 8.42. The first-order valence-electron chi connectivity index (χ1n) is 11.9. The Balaban J connectivity index is 1.43. The van der Waals surface area contributed by atoms with Crippen molar-refractivity contribution in [1.29, 1.82) is 0 Å². The van der Waals surface area contributed by atoms with Crippen LogP contribution in [0.2, 0.25) is 0 Å². The lowest BCUT2D eigenvalue weighted by Crippen LogP contribution is -2.14. The van der Waals surface area contributed by atoms with Crippen LogP contribution >= 0.6 is 22.7 Å². The molecule has 0 aliphatic rings. The van der Waals surface area contributed by atoms with E-state index in [0.717, 1.165) is 21.6 Å². The van der Waals surface area contributed by atoms with Crippen molar-refractivity contribution in [3.8, 4) is 10.6 Å². The fraction of sp³-hybridized carbons (Fsp3) is 0.107. The number of sulfonamides is 1. The highest BCUT2D eigenvalue weighted by molar-refractivity contribution is 7.92. The predicted molar refractivity (Wildman–Crippen MR) is 155 cm³/mol. The summed E-state index contributed by atoms with van der Waals surface area (Å²) in [6.45, 7) is 3.78. The molecule has 11 heteroatoms. The van der Waals surface area contributed by atoms with Crippen LogP contribution in [0.1, 0.15) is 32.5 Å². The largest absolute Gasteiger partial charge is 0.462 e. The molecule has 0 unspecified atom stereocenters. The molecule has 3 aromatic carbocycles. The normalized spacial score (nSPS) is 11.3. The van der Waals surface area contributed by atoms with Gasteiger partial charge in [-0.05, 0) is 67.9 Å². The van der Waals surface area contributed by atoms with Crippen LogP contribution in [-0.2, 0) is 14.8 Å². The molecule has 2 aromatic heterocycles. The van der Waals surface area contributed by atoms with Gasteiger partial charge in [0.1, 0.15) is 14.9 Å². The van der Waals surface area contributed by atoms with E-state index in [9.17, 15) is 18.0 Å². The first kappa shape index (κ1) is 26.5. The number of nitrogens with zero attached hydrogens (tertiary/aromatic N) is 1. The number of amides is 1. The quantitative estimate of drug-likeness (QED) is 0.202. The SMILES string of the molecule is CCOC(=O)c1sc(NC(=O)c2ccc(NS(=O)(=O)c3ccccc3)cc2)c(-c2nc3ccccc3s2)c1C. The molecule has 8 nitrogen and oxygen atoms in total. The van der Waals surface area contributed by atoms with Gasteiger partial charge in [0.25, 0.3) is 15.9 Å². The summed E-state index contributed by atoms with van der Waals surface area (Å²) in [5.74, 6) is -0.871. The Kier molecular flexibility index (Phi) is 7.47. The lowest BCUT2D eigenvalue weighted by Gasteiger charge is -2.09. The predicted octanol–water partition coefficient (Wildman–Crippen LogP) is 6.56. The number of hydrogen-bond donors (Lipinski definition) is 2. The van der Waals surface area contributed by atoms with Crippen molar-refractivity contribution in [3.63, 3.8) is 0 Å². The average molecular weight is 578 g/mol. The topological polar surface area (TPSA) is 114 Å². The molecular weight excluding hydrogens is 555 g/mol. The average Bonchev–Trinajstić information content (AvgIpc) is 3.49. The molecule has 2 heterocycles. The third kappa shape index (κ3) is 5.56. The molecular formula is C28H23N3O5S3. The summed E-state index contributed by atoms with van der Waals surface area (Å²) < 4.78 is 33.9. The number of thiazole rings is 1. The van der Waals surface area contributed by atoms with E-state index >= 15 is 0 Å². The number of fused-ring (bicyclic) bond motifs is 1. The van der Waals surface area contributed by atoms with Crippen molar-refractivity contribution >= 4 is 65.5 Å². The lowest BCUT2D eigenvalue weighted by molar-refractivity contribution is 0.0531. The van der Waals surface area contributed by atoms with Crippen molar-refractivity contribution in [1.82, 2.24) is 4.98 Å². The molecule has 0 bridgehead atoms. The fourth-order valence-electron chi connectivity index (χ4n) is 3.91. The van der Waals surface area contributed by atoms with Crippen molar-refractivity contribution < 1.29 is 22.7 Å². The molecule has 0 atom stereocenters. The van der Waals surface area contributed by atoms with Gasteiger partial charge in [-0.3, -0.25) is 9.52 Å². The van der Waals surface area contributed by atoms with Crippen LogP contribution in [0.25, 0.3) is 20.8 Å². The number of ether oxygens (including phenoxy) is 1. The van der Waals surface area contributed by atoms with Gasteiger partial charge in [0.2, 0.25) is 0 Å². The van der Waals surface area contributed by atoms with Crippen LogP contribution in [0.3, 0.4) is 0 Å². The first-order chi connectivity index (χ1) is 18.8. The molecule has 0 radical (unpaired) electrons. The highest BCUT2D eigenvalue weighted by Gasteiger charge is 2.25. The monoisotopic (exact) mass is 577 g/mol. The maximum Gasteiger partial charge on any atom is 0.348 e. The second kappa shape index (κ2) is 11.0. The zero-order chi connectivity index (χ0) is 27.6. The molecule has 5 aromatic rings. The Morgan fingerprint density at radius 2 is 1.62 bits per heavy atom. The second-order valence-corrected chi connectivity index (χ2v) is 12.2. The Labute approximate surface area is 233 Å². The van der Waals surface area contributed by atoms with E-state index < -0.39 is 21.9 Å². The molecule has 0 saturated carbocycles. The van der Waals surface area contributed by atoms with E-state index in [4.69, 9.17) is 9.72 Å². The zero-order valence-corrected chi connectivity index (χ0v) is 23.4. The molecule has 0 saturated heterocycles. The third-order valence-corrected chi connectivity index (χ3v) is 9.43. The summed E-state index contributed by atoms with van der Waals surface area (Å²) in [5, 5.41) is 4.08. The smallest absolute Gasteiger partial charge is 0.348 e. The van der Waals surface area contributed by atoms with Gasteiger partial charge in [-0.25, -0.2) is 18.2 Å². The number of rotatable bonds is 8. The highest BCUT2D eigenvalue weighted by Crippen LogP contribution is 2.43. The molecule has 0 fully saturated rings. The number of benzene rings is 3. The van der Waals surface area contributed by atoms with Crippen LogP contribution in [0.5, 0.6) is 0 Å². The Morgan fingerprint density at radius 1 is 0.923 bits per heavy atom. The summed E-state index contributed by atoms with van der Waals surface area (Å²) in [7, 11) is -3.76. The molecule has 198 valence electrons. The maximum atomic E-state index is 13.2. The van der Waals surface area contributed by atoms with Crippen molar-refractivity contribution in [2.45, 2.75) is 18.7 Å². The van der Waals surface area contributed by atoms with Crippen LogP contribution in [0.4, 0.5) is 10.7 Å². The standard InChI is InChI=1S/C28H23N3O5S3/c1-3-36-28(33)24-17(2)23(26-29-21-11-7-8-12-22(21)37-26)27(38-24)30-25(32)18-13-15-19(16-14-18)31-39(34,35)20-9-5-4-6-10-20/h4-16,31H,3H2,1-2H3,(H,30,32). The summed E-state index contributed by atoms with van der Waals surface area (Å²) >= 11 is 2.61. The molecule has 0 spiro atoms. The first-order valence-corrected chi connectivity index (χ1v) is 15.0. The minimum atomic E-state index is -3.76. The summed E-state index contributed by atoms with van der Waals surface area (Å²) in [6, 6.07) is 21.8. The number of carbonyl (C=O) groups excluding carboxylic acids is 2. The van der Waals surface area contributed by atoms with Gasteiger partial charge in [0.05, 0.1) is 21.7 Å². The molecule has 0 aliphatic carbocycles. The number of carbonyl (C=O) groups is 2. The fourth-order valence-corrected chi connectivity index (χ4v) is 7.22. The highest BCUT2D eigenvalue weighted by atomic mass is 32.2. The van der Waals surface area contributed by atoms with Gasteiger partial charge in [0.15, 0.2) is 0 Å². The van der Waals surface area contributed by atoms with Gasteiger partial charge in [0, 0.05) is 16.8 Å². The summed E-state index contributed by atoms with van der Waals surface area (Å²) in [5.41, 5.74) is 2.81. The minimum Gasteiger partial charge on any atom is -0.462 e. The van der Waals surface area contributed by atoms with E-state index in [2.05, 4.69) is 10.0 Å². The van der Waals surface area contributed by atoms with Crippen molar-refractivity contribution in [2.24, 2.45) is 0 Å². The molecule has 0 aliphatic heterocycles. The van der Waals surface area contributed by atoms with Crippen LogP contribution in [0.15, 0.2) is 83.8 Å². The number of esters is 1. The van der Waals surface area contributed by atoms with E-state index in [0.29, 0.717) is 37.3 Å². The lowest BCUT2D eigenvalue weighted by atomic mass is 10.1. The number of anilines is 2. The number of nitrogens with one attached hydrogen (secondary N) is 2. The number of thiophene rings is 1. The third-order valence-electron chi connectivity index (χ3n) is 5.80. The number of para-hydroxylation sites is 1. The molecule has 2 N–H and O–H groups in total. The van der Waals surface area contributed by atoms with Gasteiger partial charge in [-0.15, -0.1) is 22.7 Å². The van der Waals surface area contributed by atoms with Crippen molar-refractivity contribution in [3.05, 3.63) is 94.9 Å². The Bertz CT molecular complexity index is 1740. The van der Waals surface area contributed by atoms with Gasteiger partial charge in [-0.2, -0.15) is 0 Å². The maximum absolute atomic E-state index is 13.2. The van der Waals surface area contributed by atoms with Gasteiger partial charge < -0.3 is 10.1 Å².